The topological polar surface area (TPSA) is 69.5 Å². The Bertz CT molecular complexity index is 876. The van der Waals surface area contributed by atoms with Gasteiger partial charge in [0, 0.05) is 31.2 Å². The molecule has 1 unspecified atom stereocenters. The van der Waals surface area contributed by atoms with Gasteiger partial charge in [-0.1, -0.05) is 41.4 Å². The molecule has 0 N–H and O–H groups in total. The van der Waals surface area contributed by atoms with E-state index in [2.05, 4.69) is 9.88 Å². The van der Waals surface area contributed by atoms with E-state index in [1.54, 1.807) is 18.2 Å². The van der Waals surface area contributed by atoms with Crippen LogP contribution in [0.25, 0.3) is 0 Å². The zero-order valence-electron chi connectivity index (χ0n) is 14.7. The van der Waals surface area contributed by atoms with Crippen LogP contribution in [0.4, 0.5) is 5.82 Å². The second-order valence-electron chi connectivity index (χ2n) is 6.08. The highest BCUT2D eigenvalue weighted by molar-refractivity contribution is 6.31. The summed E-state index contributed by atoms with van der Waals surface area (Å²) in [6.07, 6.45) is 0. The van der Waals surface area contributed by atoms with Crippen LogP contribution in [0, 0.1) is 11.3 Å². The number of aromatic nitrogens is 1. The van der Waals surface area contributed by atoms with E-state index in [9.17, 15) is 4.79 Å². The number of hydrogen-bond donors (Lipinski definition) is 0. The van der Waals surface area contributed by atoms with Crippen LogP contribution in [0.5, 0.6) is 0 Å². The first kappa shape index (κ1) is 19.4. The predicted molar refractivity (Wildman–Crippen MR) is 104 cm³/mol. The number of rotatable bonds is 4. The van der Waals surface area contributed by atoms with Crippen LogP contribution in [0.2, 0.25) is 10.0 Å². The Hall–Kier alpha value is -2.33. The third-order valence-electron chi connectivity index (χ3n) is 4.56. The van der Waals surface area contributed by atoms with Crippen LogP contribution < -0.4 is 4.90 Å². The molecule has 0 radical (unpaired) electrons. The van der Waals surface area contributed by atoms with E-state index in [0.717, 1.165) is 5.56 Å². The number of carbonyl (C=O) groups excluding carboxylic acids is 1. The lowest BCUT2D eigenvalue weighted by Gasteiger charge is -2.39. The molecule has 1 aromatic carbocycles. The van der Waals surface area contributed by atoms with Gasteiger partial charge in [0.15, 0.2) is 5.69 Å². The maximum absolute atomic E-state index is 12.4. The number of benzene rings is 1. The molecule has 2 aromatic rings. The van der Waals surface area contributed by atoms with E-state index in [-0.39, 0.29) is 11.7 Å². The summed E-state index contributed by atoms with van der Waals surface area (Å²) in [6.45, 7) is 2.54. The van der Waals surface area contributed by atoms with E-state index >= 15 is 0 Å². The summed E-state index contributed by atoms with van der Waals surface area (Å²) in [7, 11) is 1.38. The van der Waals surface area contributed by atoms with Crippen LogP contribution in [0.15, 0.2) is 36.4 Å². The number of anilines is 1. The molecule has 6 nitrogen and oxygen atoms in total. The molecule has 0 saturated carbocycles. The van der Waals surface area contributed by atoms with Gasteiger partial charge in [-0.2, -0.15) is 5.26 Å². The Morgan fingerprint density at radius 2 is 1.85 bits per heavy atom. The molecular weight excluding hydrogens is 387 g/mol. The zero-order valence-corrected chi connectivity index (χ0v) is 16.2. The number of ether oxygens (including phenoxy) is 1. The number of piperazine rings is 1. The van der Waals surface area contributed by atoms with Gasteiger partial charge in [-0.3, -0.25) is 4.90 Å². The van der Waals surface area contributed by atoms with Crippen molar-refractivity contribution < 1.29 is 9.53 Å². The van der Waals surface area contributed by atoms with Gasteiger partial charge in [-0.05, 0) is 23.8 Å². The minimum absolute atomic E-state index is 0.208. The van der Waals surface area contributed by atoms with Gasteiger partial charge in [0.2, 0.25) is 0 Å². The first-order chi connectivity index (χ1) is 13.0. The summed E-state index contributed by atoms with van der Waals surface area (Å²) in [4.78, 5) is 20.9. The first-order valence-corrected chi connectivity index (χ1v) is 9.18. The molecule has 140 valence electrons. The first-order valence-electron chi connectivity index (χ1n) is 8.43. The third-order valence-corrected chi connectivity index (χ3v) is 5.21. The number of hydrogen-bond acceptors (Lipinski definition) is 6. The maximum Gasteiger partial charge on any atom is 0.327 e. The number of esters is 1. The normalized spacial score (nSPS) is 15.9. The molecule has 1 aliphatic rings. The summed E-state index contributed by atoms with van der Waals surface area (Å²) < 4.78 is 5.01. The van der Waals surface area contributed by atoms with Gasteiger partial charge in [-0.25, -0.2) is 9.78 Å². The summed E-state index contributed by atoms with van der Waals surface area (Å²) >= 11 is 12.3. The molecule has 0 spiro atoms. The fourth-order valence-corrected chi connectivity index (χ4v) is 3.56. The minimum atomic E-state index is -0.557. The highest BCUT2D eigenvalue weighted by Crippen LogP contribution is 2.30. The second-order valence-corrected chi connectivity index (χ2v) is 6.90. The van der Waals surface area contributed by atoms with Gasteiger partial charge < -0.3 is 9.64 Å². The summed E-state index contributed by atoms with van der Waals surface area (Å²) in [5.41, 5.74) is 0.941. The average molecular weight is 405 g/mol. The van der Waals surface area contributed by atoms with Crippen molar-refractivity contribution >= 4 is 35.0 Å². The van der Waals surface area contributed by atoms with Crippen molar-refractivity contribution in [1.29, 1.82) is 5.26 Å². The Balaban J connectivity index is 1.78. The molecule has 3 rings (SSSR count). The van der Waals surface area contributed by atoms with Gasteiger partial charge in [0.25, 0.3) is 0 Å². The fraction of sp³-hybridized carbons (Fsp3) is 0.316. The second kappa shape index (κ2) is 8.57. The molecule has 27 heavy (non-hydrogen) atoms. The van der Waals surface area contributed by atoms with E-state index in [1.165, 1.54) is 7.11 Å². The largest absolute Gasteiger partial charge is 0.468 e. The Morgan fingerprint density at radius 3 is 2.48 bits per heavy atom. The molecular formula is C19H18Cl2N4O2. The minimum Gasteiger partial charge on any atom is -0.468 e. The summed E-state index contributed by atoms with van der Waals surface area (Å²) in [5.74, 6) is 0.357. The molecule has 1 aromatic heterocycles. The molecule has 1 aliphatic heterocycles. The molecule has 0 amide bonds. The number of pyridine rings is 1. The SMILES string of the molecule is COC(=O)C(c1ccccc1Cl)N1CCN(c2ccc(Cl)c(C#N)n2)CC1. The number of nitriles is 1. The van der Waals surface area contributed by atoms with Crippen molar-refractivity contribution in [3.05, 3.63) is 57.7 Å². The van der Waals surface area contributed by atoms with Crippen molar-refractivity contribution in [2.24, 2.45) is 0 Å². The lowest BCUT2D eigenvalue weighted by Crippen LogP contribution is -2.49. The number of nitrogens with zero attached hydrogens (tertiary/aromatic N) is 4. The van der Waals surface area contributed by atoms with Crippen LogP contribution in [-0.4, -0.2) is 49.1 Å². The third kappa shape index (κ3) is 4.16. The van der Waals surface area contributed by atoms with Crippen molar-refractivity contribution in [2.45, 2.75) is 6.04 Å². The summed E-state index contributed by atoms with van der Waals surface area (Å²) in [6, 6.07) is 12.2. The Labute approximate surface area is 167 Å². The smallest absolute Gasteiger partial charge is 0.327 e. The zero-order chi connectivity index (χ0) is 19.4. The monoisotopic (exact) mass is 404 g/mol. The standard InChI is InChI=1S/C19H18Cl2N4O2/c1-27-19(26)18(13-4-2-3-5-14(13)20)25-10-8-24(9-11-25)17-7-6-15(21)16(12-22)23-17/h2-7,18H,8-11H2,1H3. The number of carbonyl (C=O) groups is 1. The Kier molecular flexibility index (Phi) is 6.17. The highest BCUT2D eigenvalue weighted by Gasteiger charge is 2.32. The molecule has 1 atom stereocenters. The van der Waals surface area contributed by atoms with E-state index in [0.29, 0.717) is 42.0 Å². The molecule has 8 heteroatoms. The van der Waals surface area contributed by atoms with E-state index in [4.69, 9.17) is 33.2 Å². The highest BCUT2D eigenvalue weighted by atomic mass is 35.5. The van der Waals surface area contributed by atoms with Crippen LogP contribution in [-0.2, 0) is 9.53 Å². The quantitative estimate of drug-likeness (QED) is 0.728. The van der Waals surface area contributed by atoms with Crippen molar-refractivity contribution in [3.63, 3.8) is 0 Å². The average Bonchev–Trinajstić information content (AvgIpc) is 2.70. The van der Waals surface area contributed by atoms with Gasteiger partial charge in [-0.15, -0.1) is 0 Å². The molecule has 0 bridgehead atoms. The van der Waals surface area contributed by atoms with Crippen molar-refractivity contribution in [3.8, 4) is 6.07 Å². The number of halogens is 2. The van der Waals surface area contributed by atoms with Crippen LogP contribution in [0.1, 0.15) is 17.3 Å². The van der Waals surface area contributed by atoms with Crippen molar-refractivity contribution in [1.82, 2.24) is 9.88 Å². The van der Waals surface area contributed by atoms with Crippen LogP contribution >= 0.6 is 23.2 Å². The van der Waals surface area contributed by atoms with E-state index in [1.807, 2.05) is 29.2 Å². The van der Waals surface area contributed by atoms with Gasteiger partial charge >= 0.3 is 5.97 Å². The molecule has 0 aliphatic carbocycles. The van der Waals surface area contributed by atoms with Crippen LogP contribution in [0.3, 0.4) is 0 Å². The van der Waals surface area contributed by atoms with Gasteiger partial charge in [0.1, 0.15) is 17.9 Å². The fourth-order valence-electron chi connectivity index (χ4n) is 3.18. The van der Waals surface area contributed by atoms with Crippen molar-refractivity contribution in [2.75, 3.05) is 38.2 Å². The maximum atomic E-state index is 12.4. The van der Waals surface area contributed by atoms with Gasteiger partial charge in [0.05, 0.1) is 12.1 Å². The number of methoxy groups -OCH3 is 1. The predicted octanol–water partition coefficient (Wildman–Crippen LogP) is 3.30. The summed E-state index contributed by atoms with van der Waals surface area (Å²) in [5, 5.41) is 9.98. The molecule has 1 fully saturated rings. The lowest BCUT2D eigenvalue weighted by molar-refractivity contribution is -0.147. The molecule has 2 heterocycles. The lowest BCUT2D eigenvalue weighted by atomic mass is 10.0. The Morgan fingerprint density at radius 1 is 1.15 bits per heavy atom. The molecule has 1 saturated heterocycles. The van der Waals surface area contributed by atoms with E-state index < -0.39 is 6.04 Å².